The molecule has 2 aliphatic heterocycles. The molecule has 5 rings (SSSR count). The minimum atomic E-state index is -3.00. The Morgan fingerprint density at radius 3 is 2.57 bits per heavy atom. The molecular weight excluding hydrogens is 373 g/mol. The maximum atomic E-state index is 14.6. The predicted molar refractivity (Wildman–Crippen MR) is 95.5 cm³/mol. The normalized spacial score (nSPS) is 35.2. The van der Waals surface area contributed by atoms with Crippen LogP contribution in [-0.2, 0) is 17.1 Å². The van der Waals surface area contributed by atoms with Gasteiger partial charge in [0.1, 0.15) is 17.7 Å². The SMILES string of the molecule is CC1C(F)CN1c1nc(N2C[C@@H]3C(CC(=O)O)[C@@H]3C2)c2c(n1)C(F)(F)CCC2. The summed E-state index contributed by atoms with van der Waals surface area (Å²) in [6.07, 6.45) is -0.183. The first-order valence-corrected chi connectivity index (χ1v) is 9.93. The van der Waals surface area contributed by atoms with Crippen LogP contribution in [0.1, 0.15) is 37.4 Å². The first-order valence-electron chi connectivity index (χ1n) is 9.93. The van der Waals surface area contributed by atoms with Crippen LogP contribution in [0.15, 0.2) is 0 Å². The van der Waals surface area contributed by atoms with Crippen molar-refractivity contribution < 1.29 is 23.1 Å². The third-order valence-corrected chi connectivity index (χ3v) is 6.96. The molecule has 0 radical (unpaired) electrons. The van der Waals surface area contributed by atoms with Gasteiger partial charge in [0.15, 0.2) is 0 Å². The number of halogens is 3. The molecule has 0 amide bonds. The van der Waals surface area contributed by atoms with Gasteiger partial charge in [0, 0.05) is 31.5 Å². The minimum Gasteiger partial charge on any atom is -0.481 e. The van der Waals surface area contributed by atoms with Crippen molar-refractivity contribution in [2.75, 3.05) is 29.4 Å². The molecule has 6 nitrogen and oxygen atoms in total. The lowest BCUT2D eigenvalue weighted by Crippen LogP contribution is -2.57. The fourth-order valence-electron chi connectivity index (χ4n) is 5.14. The summed E-state index contributed by atoms with van der Waals surface area (Å²) in [6.45, 7) is 3.10. The van der Waals surface area contributed by atoms with Crippen molar-refractivity contribution in [2.45, 2.75) is 50.7 Å². The van der Waals surface area contributed by atoms with E-state index in [1.807, 2.05) is 4.90 Å². The van der Waals surface area contributed by atoms with E-state index in [1.54, 1.807) is 11.8 Å². The van der Waals surface area contributed by atoms with Crippen LogP contribution in [0.25, 0.3) is 0 Å². The first-order chi connectivity index (χ1) is 13.3. The monoisotopic (exact) mass is 396 g/mol. The molecule has 3 heterocycles. The summed E-state index contributed by atoms with van der Waals surface area (Å²) in [4.78, 5) is 23.4. The lowest BCUT2D eigenvalue weighted by atomic mass is 9.92. The summed E-state index contributed by atoms with van der Waals surface area (Å²) < 4.78 is 42.9. The molecule has 0 spiro atoms. The minimum absolute atomic E-state index is 0.122. The second-order valence-electron chi connectivity index (χ2n) is 8.64. The third kappa shape index (κ3) is 2.65. The van der Waals surface area contributed by atoms with Crippen LogP contribution < -0.4 is 9.80 Å². The Labute approximate surface area is 160 Å². The van der Waals surface area contributed by atoms with Gasteiger partial charge in [0.05, 0.1) is 12.6 Å². The maximum Gasteiger partial charge on any atom is 0.303 e. The Morgan fingerprint density at radius 1 is 1.25 bits per heavy atom. The largest absolute Gasteiger partial charge is 0.481 e. The summed E-state index contributed by atoms with van der Waals surface area (Å²) in [7, 11) is 0. The highest BCUT2D eigenvalue weighted by atomic mass is 19.3. The molecule has 9 heteroatoms. The molecule has 152 valence electrons. The Morgan fingerprint density at radius 2 is 1.96 bits per heavy atom. The fourth-order valence-corrected chi connectivity index (χ4v) is 5.14. The van der Waals surface area contributed by atoms with Crippen molar-refractivity contribution in [1.29, 1.82) is 0 Å². The Bertz CT molecular complexity index is 824. The highest BCUT2D eigenvalue weighted by molar-refractivity contribution is 5.68. The number of piperidine rings is 1. The highest BCUT2D eigenvalue weighted by Gasteiger charge is 2.57. The first kappa shape index (κ1) is 18.0. The quantitative estimate of drug-likeness (QED) is 0.844. The number of nitrogens with zero attached hydrogens (tertiary/aromatic N) is 4. The summed E-state index contributed by atoms with van der Waals surface area (Å²) in [5.41, 5.74) is 0.289. The molecule has 1 aromatic heterocycles. The molecular formula is C19H23F3N4O2. The van der Waals surface area contributed by atoms with Gasteiger partial charge in [-0.3, -0.25) is 4.79 Å². The molecule has 28 heavy (non-hydrogen) atoms. The predicted octanol–water partition coefficient (Wildman–Crippen LogP) is 2.61. The number of anilines is 2. The van der Waals surface area contributed by atoms with Gasteiger partial charge in [0.25, 0.3) is 5.92 Å². The van der Waals surface area contributed by atoms with Crippen molar-refractivity contribution >= 4 is 17.7 Å². The third-order valence-electron chi connectivity index (χ3n) is 6.96. The summed E-state index contributed by atoms with van der Waals surface area (Å²) in [5.74, 6) is -2.33. The van der Waals surface area contributed by atoms with Gasteiger partial charge in [-0.1, -0.05) is 0 Å². The number of aromatic nitrogens is 2. The number of carbonyl (C=O) groups is 1. The van der Waals surface area contributed by atoms with Gasteiger partial charge in [-0.15, -0.1) is 0 Å². The number of hydrogen-bond acceptors (Lipinski definition) is 5. The van der Waals surface area contributed by atoms with E-state index < -0.39 is 24.1 Å². The second kappa shape index (κ2) is 5.97. The van der Waals surface area contributed by atoms with Crippen molar-refractivity contribution in [1.82, 2.24) is 9.97 Å². The molecule has 3 unspecified atom stereocenters. The van der Waals surface area contributed by atoms with Crippen LogP contribution in [0.4, 0.5) is 24.9 Å². The van der Waals surface area contributed by atoms with Gasteiger partial charge in [-0.2, -0.15) is 13.8 Å². The molecule has 1 saturated carbocycles. The molecule has 3 fully saturated rings. The van der Waals surface area contributed by atoms with Gasteiger partial charge in [-0.05, 0) is 37.5 Å². The Hall–Kier alpha value is -2.06. The van der Waals surface area contributed by atoms with E-state index in [0.29, 0.717) is 37.3 Å². The van der Waals surface area contributed by atoms with E-state index in [2.05, 4.69) is 9.97 Å². The molecule has 1 N–H and O–H groups in total. The van der Waals surface area contributed by atoms with Gasteiger partial charge in [0.2, 0.25) is 5.95 Å². The van der Waals surface area contributed by atoms with Crippen LogP contribution in [0.3, 0.4) is 0 Å². The number of aliphatic carboxylic acids is 1. The molecule has 0 aromatic carbocycles. The van der Waals surface area contributed by atoms with Crippen molar-refractivity contribution in [3.8, 4) is 0 Å². The zero-order valence-corrected chi connectivity index (χ0v) is 15.6. The van der Waals surface area contributed by atoms with Crippen molar-refractivity contribution in [3.63, 3.8) is 0 Å². The summed E-state index contributed by atoms with van der Waals surface area (Å²) >= 11 is 0. The zero-order valence-electron chi connectivity index (χ0n) is 15.6. The van der Waals surface area contributed by atoms with E-state index >= 15 is 0 Å². The molecule has 0 bridgehead atoms. The van der Waals surface area contributed by atoms with Crippen molar-refractivity contribution in [2.24, 2.45) is 17.8 Å². The number of fused-ring (bicyclic) bond motifs is 2. The molecule has 4 aliphatic rings. The topological polar surface area (TPSA) is 69.6 Å². The average Bonchev–Trinajstić information content (AvgIpc) is 3.07. The molecule has 2 aliphatic carbocycles. The number of carboxylic acids is 1. The number of hydrogen-bond donors (Lipinski definition) is 1. The smallest absolute Gasteiger partial charge is 0.303 e. The lowest BCUT2D eigenvalue weighted by Gasteiger charge is -2.43. The summed E-state index contributed by atoms with van der Waals surface area (Å²) in [6, 6.07) is -0.421. The number of alkyl halides is 3. The fraction of sp³-hybridized carbons (Fsp3) is 0.737. The number of rotatable bonds is 4. The van der Waals surface area contributed by atoms with Crippen LogP contribution in [-0.4, -0.2) is 52.9 Å². The van der Waals surface area contributed by atoms with E-state index in [4.69, 9.17) is 5.11 Å². The van der Waals surface area contributed by atoms with Gasteiger partial charge >= 0.3 is 5.97 Å². The van der Waals surface area contributed by atoms with Gasteiger partial charge in [-0.25, -0.2) is 9.37 Å². The maximum absolute atomic E-state index is 14.6. The average molecular weight is 396 g/mol. The molecule has 1 aromatic rings. The second-order valence-corrected chi connectivity index (χ2v) is 8.64. The van der Waals surface area contributed by atoms with E-state index in [-0.39, 0.29) is 48.8 Å². The van der Waals surface area contributed by atoms with Crippen LogP contribution >= 0.6 is 0 Å². The van der Waals surface area contributed by atoms with Gasteiger partial charge < -0.3 is 14.9 Å². The van der Waals surface area contributed by atoms with E-state index in [9.17, 15) is 18.0 Å². The molecule has 5 atom stereocenters. The van der Waals surface area contributed by atoms with E-state index in [1.165, 1.54) is 0 Å². The zero-order chi connectivity index (χ0) is 19.8. The van der Waals surface area contributed by atoms with Crippen LogP contribution in [0.2, 0.25) is 0 Å². The Balaban J connectivity index is 1.47. The van der Waals surface area contributed by atoms with Crippen LogP contribution in [0, 0.1) is 17.8 Å². The molecule has 2 saturated heterocycles. The van der Waals surface area contributed by atoms with E-state index in [0.717, 1.165) is 0 Å². The van der Waals surface area contributed by atoms with Crippen molar-refractivity contribution in [3.05, 3.63) is 11.3 Å². The Kier molecular flexibility index (Phi) is 3.84. The summed E-state index contributed by atoms with van der Waals surface area (Å²) in [5, 5.41) is 9.00. The lowest BCUT2D eigenvalue weighted by molar-refractivity contribution is -0.137. The highest BCUT2D eigenvalue weighted by Crippen LogP contribution is 2.55. The van der Waals surface area contributed by atoms with Crippen LogP contribution in [0.5, 0.6) is 0 Å². The standard InChI is InChI=1S/C19H23F3N4O2/c1-9-14(20)8-26(9)18-23-16-10(3-2-4-19(16,21)22)17(24-18)25-6-12-11(5-15(27)28)13(12)7-25/h9,11-14H,2-8H2,1H3,(H,27,28)/t9?,11?,12-,13+,14?. The number of carboxylic acid groups (broad SMARTS) is 1.